The lowest BCUT2D eigenvalue weighted by Gasteiger charge is -2.24. The van der Waals surface area contributed by atoms with Gasteiger partial charge in [0.15, 0.2) is 5.96 Å². The summed E-state index contributed by atoms with van der Waals surface area (Å²) < 4.78 is 10.5. The first-order chi connectivity index (χ1) is 10.5. The van der Waals surface area contributed by atoms with Crippen molar-refractivity contribution in [3.05, 3.63) is 29.8 Å². The number of nitrogens with zero attached hydrogens (tertiary/aromatic N) is 1. The van der Waals surface area contributed by atoms with Crippen molar-refractivity contribution in [1.82, 2.24) is 10.6 Å². The zero-order valence-electron chi connectivity index (χ0n) is 14.4. The van der Waals surface area contributed by atoms with Crippen LogP contribution in [-0.2, 0) is 11.2 Å². The molecule has 0 aliphatic heterocycles. The van der Waals surface area contributed by atoms with Crippen molar-refractivity contribution in [3.63, 3.8) is 0 Å². The van der Waals surface area contributed by atoms with E-state index in [1.54, 1.807) is 21.3 Å². The van der Waals surface area contributed by atoms with E-state index in [1.165, 1.54) is 5.56 Å². The van der Waals surface area contributed by atoms with Crippen LogP contribution in [0.5, 0.6) is 5.75 Å². The van der Waals surface area contributed by atoms with Crippen LogP contribution in [0.4, 0.5) is 0 Å². The van der Waals surface area contributed by atoms with Gasteiger partial charge in [-0.2, -0.15) is 0 Å². The maximum absolute atomic E-state index is 5.38. The minimum Gasteiger partial charge on any atom is -0.497 e. The molecular weight excluding hydrogens is 278 g/mol. The Morgan fingerprint density at radius 3 is 2.36 bits per heavy atom. The second kappa shape index (κ2) is 9.30. The molecule has 0 bridgehead atoms. The van der Waals surface area contributed by atoms with E-state index in [1.807, 2.05) is 26.0 Å². The highest BCUT2D eigenvalue weighted by Gasteiger charge is 2.16. The van der Waals surface area contributed by atoms with Gasteiger partial charge >= 0.3 is 0 Å². The molecule has 0 spiro atoms. The van der Waals surface area contributed by atoms with Crippen LogP contribution in [0.1, 0.15) is 25.8 Å². The fraction of sp³-hybridized carbons (Fsp3) is 0.588. The van der Waals surface area contributed by atoms with Gasteiger partial charge in [0, 0.05) is 27.2 Å². The summed E-state index contributed by atoms with van der Waals surface area (Å²) in [6.07, 6.45) is 2.07. The van der Waals surface area contributed by atoms with Gasteiger partial charge in [-0.1, -0.05) is 12.1 Å². The maximum atomic E-state index is 5.38. The molecule has 0 aromatic heterocycles. The van der Waals surface area contributed by atoms with Crippen LogP contribution in [0.3, 0.4) is 0 Å². The van der Waals surface area contributed by atoms with Crippen LogP contribution >= 0.6 is 0 Å². The van der Waals surface area contributed by atoms with Crippen molar-refractivity contribution in [1.29, 1.82) is 0 Å². The van der Waals surface area contributed by atoms with Gasteiger partial charge in [0.2, 0.25) is 0 Å². The molecule has 5 nitrogen and oxygen atoms in total. The van der Waals surface area contributed by atoms with E-state index >= 15 is 0 Å². The Labute approximate surface area is 134 Å². The number of aryl methyl sites for hydroxylation is 1. The Morgan fingerprint density at radius 2 is 1.82 bits per heavy atom. The zero-order chi connectivity index (χ0) is 16.4. The topological polar surface area (TPSA) is 54.9 Å². The summed E-state index contributed by atoms with van der Waals surface area (Å²) in [5.74, 6) is 1.70. The molecule has 0 aliphatic carbocycles. The van der Waals surface area contributed by atoms with Crippen molar-refractivity contribution in [3.8, 4) is 5.75 Å². The number of rotatable bonds is 8. The van der Waals surface area contributed by atoms with E-state index < -0.39 is 0 Å². The van der Waals surface area contributed by atoms with E-state index in [2.05, 4.69) is 27.8 Å². The highest BCUT2D eigenvalue weighted by Crippen LogP contribution is 2.12. The quantitative estimate of drug-likeness (QED) is 0.439. The van der Waals surface area contributed by atoms with Crippen LogP contribution < -0.4 is 15.4 Å². The van der Waals surface area contributed by atoms with Gasteiger partial charge in [-0.15, -0.1) is 0 Å². The molecule has 5 heteroatoms. The molecule has 22 heavy (non-hydrogen) atoms. The first-order valence-electron chi connectivity index (χ1n) is 7.63. The van der Waals surface area contributed by atoms with E-state index in [-0.39, 0.29) is 5.60 Å². The fourth-order valence-corrected chi connectivity index (χ4v) is 1.88. The minimum absolute atomic E-state index is 0.208. The van der Waals surface area contributed by atoms with Gasteiger partial charge in [0.05, 0.1) is 12.7 Å². The average Bonchev–Trinajstić information content (AvgIpc) is 2.54. The zero-order valence-corrected chi connectivity index (χ0v) is 14.4. The van der Waals surface area contributed by atoms with Crippen molar-refractivity contribution in [2.24, 2.45) is 4.99 Å². The Morgan fingerprint density at radius 1 is 1.14 bits per heavy atom. The molecule has 1 aromatic carbocycles. The third-order valence-electron chi connectivity index (χ3n) is 3.55. The molecule has 0 saturated carbocycles. The van der Waals surface area contributed by atoms with Crippen molar-refractivity contribution < 1.29 is 9.47 Å². The number of ether oxygens (including phenoxy) is 2. The number of benzene rings is 1. The van der Waals surface area contributed by atoms with E-state index in [0.717, 1.165) is 31.1 Å². The number of aliphatic imine (C=N–C) groups is 1. The number of hydrogen-bond donors (Lipinski definition) is 2. The van der Waals surface area contributed by atoms with Gasteiger partial charge in [-0.05, 0) is 44.4 Å². The first kappa shape index (κ1) is 18.3. The largest absolute Gasteiger partial charge is 0.497 e. The summed E-state index contributed by atoms with van der Waals surface area (Å²) in [5.41, 5.74) is 1.10. The Kier molecular flexibility index (Phi) is 7.74. The molecule has 0 aliphatic rings. The van der Waals surface area contributed by atoms with Gasteiger partial charge in [0.1, 0.15) is 5.75 Å². The second-order valence-electron chi connectivity index (χ2n) is 5.77. The highest BCUT2D eigenvalue weighted by molar-refractivity contribution is 5.79. The number of nitrogens with one attached hydrogen (secondary N) is 2. The molecule has 124 valence electrons. The van der Waals surface area contributed by atoms with Crippen LogP contribution in [0.15, 0.2) is 29.3 Å². The van der Waals surface area contributed by atoms with Gasteiger partial charge in [0.25, 0.3) is 0 Å². The molecule has 1 rings (SSSR count). The van der Waals surface area contributed by atoms with Gasteiger partial charge in [-0.3, -0.25) is 4.99 Å². The summed E-state index contributed by atoms with van der Waals surface area (Å²) in [5, 5.41) is 6.59. The van der Waals surface area contributed by atoms with Crippen LogP contribution in [0.2, 0.25) is 0 Å². The summed E-state index contributed by atoms with van der Waals surface area (Å²) in [6, 6.07) is 8.20. The van der Waals surface area contributed by atoms with Crippen LogP contribution in [0, 0.1) is 0 Å². The van der Waals surface area contributed by atoms with Crippen molar-refractivity contribution >= 4 is 5.96 Å². The lowest BCUT2D eigenvalue weighted by Crippen LogP contribution is -2.45. The molecule has 0 fully saturated rings. The smallest absolute Gasteiger partial charge is 0.191 e. The Balaban J connectivity index is 2.26. The molecule has 0 heterocycles. The maximum Gasteiger partial charge on any atom is 0.191 e. The summed E-state index contributed by atoms with van der Waals surface area (Å²) in [6.45, 7) is 5.66. The van der Waals surface area contributed by atoms with E-state index in [0.29, 0.717) is 6.54 Å². The minimum atomic E-state index is -0.208. The fourth-order valence-electron chi connectivity index (χ4n) is 1.88. The van der Waals surface area contributed by atoms with E-state index in [4.69, 9.17) is 9.47 Å². The molecule has 0 amide bonds. The SMILES string of the molecule is CN=C(NCCCc1ccc(OC)cc1)NCC(C)(C)OC. The lowest BCUT2D eigenvalue weighted by atomic mass is 10.1. The molecular formula is C17H29N3O2. The van der Waals surface area contributed by atoms with Crippen molar-refractivity contribution in [2.45, 2.75) is 32.3 Å². The number of guanidine groups is 1. The second-order valence-corrected chi connectivity index (χ2v) is 5.77. The summed E-state index contributed by atoms with van der Waals surface area (Å²) in [7, 11) is 5.17. The third kappa shape index (κ3) is 6.80. The van der Waals surface area contributed by atoms with Crippen molar-refractivity contribution in [2.75, 3.05) is 34.4 Å². The number of hydrogen-bond acceptors (Lipinski definition) is 3. The average molecular weight is 307 g/mol. The lowest BCUT2D eigenvalue weighted by molar-refractivity contribution is 0.0268. The van der Waals surface area contributed by atoms with Gasteiger partial charge < -0.3 is 20.1 Å². The molecule has 2 N–H and O–H groups in total. The Bertz CT molecular complexity index is 455. The first-order valence-corrected chi connectivity index (χ1v) is 7.63. The summed E-state index contributed by atoms with van der Waals surface area (Å²) in [4.78, 5) is 4.21. The molecule has 0 unspecified atom stereocenters. The number of methoxy groups -OCH3 is 2. The molecule has 1 aromatic rings. The molecule has 0 radical (unpaired) electrons. The molecule has 0 saturated heterocycles. The summed E-state index contributed by atoms with van der Waals surface area (Å²) >= 11 is 0. The highest BCUT2D eigenvalue weighted by atomic mass is 16.5. The van der Waals surface area contributed by atoms with Crippen LogP contribution in [0.25, 0.3) is 0 Å². The van der Waals surface area contributed by atoms with Crippen LogP contribution in [-0.4, -0.2) is 45.9 Å². The van der Waals surface area contributed by atoms with Gasteiger partial charge in [-0.25, -0.2) is 0 Å². The Hall–Kier alpha value is -1.75. The predicted molar refractivity (Wildman–Crippen MR) is 91.8 cm³/mol. The normalized spacial score (nSPS) is 12.1. The van der Waals surface area contributed by atoms with E-state index in [9.17, 15) is 0 Å². The predicted octanol–water partition coefficient (Wildman–Crippen LogP) is 2.22. The monoisotopic (exact) mass is 307 g/mol. The standard InChI is InChI=1S/C17H29N3O2/c1-17(2,22-5)13-20-16(18-3)19-12-6-7-14-8-10-15(21-4)11-9-14/h8-11H,6-7,12-13H2,1-5H3,(H2,18,19,20). The third-order valence-corrected chi connectivity index (χ3v) is 3.55. The molecule has 0 atom stereocenters.